The highest BCUT2D eigenvalue weighted by atomic mass is 16.7. The summed E-state index contributed by atoms with van der Waals surface area (Å²) < 4.78 is 10.8. The highest BCUT2D eigenvalue weighted by Gasteiger charge is 2.07. The number of nitrogens with zero attached hydrogens (tertiary/aromatic N) is 1. The van der Waals surface area contributed by atoms with Crippen molar-refractivity contribution in [2.24, 2.45) is 10.7 Å². The van der Waals surface area contributed by atoms with E-state index in [2.05, 4.69) is 4.99 Å². The van der Waals surface area contributed by atoms with Gasteiger partial charge in [-0.2, -0.15) is 0 Å². The SMILES string of the molecule is CCOC(CN=C(N)c1ccc(C(C)=O)cc1)OCC. The zero-order valence-electron chi connectivity index (χ0n) is 12.3. The van der Waals surface area contributed by atoms with Gasteiger partial charge in [-0.05, 0) is 20.8 Å². The van der Waals surface area contributed by atoms with E-state index in [1.807, 2.05) is 13.8 Å². The van der Waals surface area contributed by atoms with Crippen LogP contribution in [0.15, 0.2) is 29.3 Å². The summed E-state index contributed by atoms with van der Waals surface area (Å²) in [4.78, 5) is 15.5. The van der Waals surface area contributed by atoms with Gasteiger partial charge in [0.1, 0.15) is 5.84 Å². The summed E-state index contributed by atoms with van der Waals surface area (Å²) in [7, 11) is 0. The van der Waals surface area contributed by atoms with Crippen LogP contribution in [0.4, 0.5) is 0 Å². The number of aliphatic imine (C=N–C) groups is 1. The Morgan fingerprint density at radius 2 is 1.65 bits per heavy atom. The summed E-state index contributed by atoms with van der Waals surface area (Å²) in [6, 6.07) is 7.04. The number of hydrogen-bond acceptors (Lipinski definition) is 4. The highest BCUT2D eigenvalue weighted by Crippen LogP contribution is 2.05. The van der Waals surface area contributed by atoms with Gasteiger partial charge in [-0.3, -0.25) is 9.79 Å². The van der Waals surface area contributed by atoms with Crippen molar-refractivity contribution in [2.45, 2.75) is 27.1 Å². The van der Waals surface area contributed by atoms with Crippen molar-refractivity contribution in [1.82, 2.24) is 0 Å². The molecule has 2 N–H and O–H groups in total. The number of carbonyl (C=O) groups excluding carboxylic acids is 1. The van der Waals surface area contributed by atoms with Crippen molar-refractivity contribution in [1.29, 1.82) is 0 Å². The fourth-order valence-corrected chi connectivity index (χ4v) is 1.67. The second-order valence-corrected chi connectivity index (χ2v) is 4.20. The van der Waals surface area contributed by atoms with E-state index in [1.165, 1.54) is 6.92 Å². The van der Waals surface area contributed by atoms with E-state index < -0.39 is 0 Å². The molecular weight excluding hydrogens is 256 g/mol. The number of hydrogen-bond donors (Lipinski definition) is 1. The molecule has 5 nitrogen and oxygen atoms in total. The van der Waals surface area contributed by atoms with Crippen LogP contribution in [0.5, 0.6) is 0 Å². The first-order chi connectivity index (χ1) is 9.58. The van der Waals surface area contributed by atoms with Crippen LogP contribution in [-0.2, 0) is 9.47 Å². The van der Waals surface area contributed by atoms with Crippen LogP contribution in [0, 0.1) is 0 Å². The highest BCUT2D eigenvalue weighted by molar-refractivity contribution is 5.99. The average molecular weight is 278 g/mol. The third-order valence-electron chi connectivity index (χ3n) is 2.70. The molecule has 0 aliphatic heterocycles. The summed E-state index contributed by atoms with van der Waals surface area (Å²) in [6.07, 6.45) is -0.375. The normalized spacial score (nSPS) is 11.9. The number of rotatable bonds is 8. The van der Waals surface area contributed by atoms with E-state index in [1.54, 1.807) is 24.3 Å². The minimum Gasteiger partial charge on any atom is -0.384 e. The lowest BCUT2D eigenvalue weighted by atomic mass is 10.1. The molecule has 0 amide bonds. The Morgan fingerprint density at radius 3 is 2.10 bits per heavy atom. The molecule has 1 aromatic rings. The molecule has 20 heavy (non-hydrogen) atoms. The fourth-order valence-electron chi connectivity index (χ4n) is 1.67. The Hall–Kier alpha value is -1.72. The lowest BCUT2D eigenvalue weighted by molar-refractivity contribution is -0.128. The van der Waals surface area contributed by atoms with Gasteiger partial charge in [-0.1, -0.05) is 24.3 Å². The van der Waals surface area contributed by atoms with Crippen molar-refractivity contribution in [3.8, 4) is 0 Å². The first-order valence-electron chi connectivity index (χ1n) is 6.73. The van der Waals surface area contributed by atoms with Crippen LogP contribution in [0.25, 0.3) is 0 Å². The molecule has 0 spiro atoms. The zero-order valence-corrected chi connectivity index (χ0v) is 12.3. The van der Waals surface area contributed by atoms with Gasteiger partial charge in [0.2, 0.25) is 0 Å². The number of ether oxygens (including phenoxy) is 2. The zero-order chi connectivity index (χ0) is 15.0. The quantitative estimate of drug-likeness (QED) is 0.341. The van der Waals surface area contributed by atoms with Crippen LogP contribution in [0.3, 0.4) is 0 Å². The average Bonchev–Trinajstić information content (AvgIpc) is 2.45. The molecule has 0 bridgehead atoms. The first-order valence-corrected chi connectivity index (χ1v) is 6.73. The number of benzene rings is 1. The van der Waals surface area contributed by atoms with Gasteiger partial charge in [0.15, 0.2) is 12.1 Å². The Kier molecular flexibility index (Phi) is 6.90. The lowest BCUT2D eigenvalue weighted by Crippen LogP contribution is -2.23. The monoisotopic (exact) mass is 278 g/mol. The number of nitrogens with two attached hydrogens (primary N) is 1. The van der Waals surface area contributed by atoms with E-state index >= 15 is 0 Å². The van der Waals surface area contributed by atoms with Crippen LogP contribution >= 0.6 is 0 Å². The summed E-state index contributed by atoms with van der Waals surface area (Å²) in [5.41, 5.74) is 7.35. The van der Waals surface area contributed by atoms with Crippen LogP contribution in [0.2, 0.25) is 0 Å². The molecule has 0 radical (unpaired) electrons. The summed E-state index contributed by atoms with van der Waals surface area (Å²) >= 11 is 0. The predicted molar refractivity (Wildman–Crippen MR) is 79.1 cm³/mol. The maximum absolute atomic E-state index is 11.2. The molecule has 1 rings (SSSR count). The second kappa shape index (κ2) is 8.45. The molecule has 0 heterocycles. The third kappa shape index (κ3) is 5.11. The Balaban J connectivity index is 2.69. The van der Waals surface area contributed by atoms with Gasteiger partial charge in [0, 0.05) is 24.3 Å². The first kappa shape index (κ1) is 16.3. The molecular formula is C15H22N2O3. The van der Waals surface area contributed by atoms with Gasteiger partial charge < -0.3 is 15.2 Å². The molecule has 0 fully saturated rings. The molecule has 1 aromatic carbocycles. The number of carbonyl (C=O) groups is 1. The number of amidine groups is 1. The standard InChI is InChI=1S/C15H22N2O3/c1-4-19-14(20-5-2)10-17-15(16)13-8-6-12(7-9-13)11(3)18/h6-9,14H,4-5,10H2,1-3H3,(H2,16,17). The molecule has 110 valence electrons. The molecule has 0 aliphatic rings. The van der Waals surface area contributed by atoms with E-state index in [0.717, 1.165) is 5.56 Å². The number of Topliss-reactive ketones (excluding diaryl/α,β-unsaturated/α-hetero) is 1. The van der Waals surface area contributed by atoms with Gasteiger partial charge in [0.05, 0.1) is 6.54 Å². The third-order valence-corrected chi connectivity index (χ3v) is 2.70. The maximum atomic E-state index is 11.2. The smallest absolute Gasteiger partial charge is 0.176 e. The van der Waals surface area contributed by atoms with Crippen molar-refractivity contribution >= 4 is 11.6 Å². The van der Waals surface area contributed by atoms with Crippen LogP contribution in [-0.4, -0.2) is 37.7 Å². The predicted octanol–water partition coefficient (Wildman–Crippen LogP) is 1.99. The maximum Gasteiger partial charge on any atom is 0.176 e. The molecule has 0 saturated heterocycles. The largest absolute Gasteiger partial charge is 0.384 e. The summed E-state index contributed by atoms with van der Waals surface area (Å²) in [5, 5.41) is 0. The Morgan fingerprint density at radius 1 is 1.15 bits per heavy atom. The Bertz CT molecular complexity index is 449. The molecule has 0 atom stereocenters. The minimum atomic E-state index is -0.375. The van der Waals surface area contributed by atoms with Gasteiger partial charge >= 0.3 is 0 Å². The number of ketones is 1. The molecule has 5 heteroatoms. The molecule has 0 saturated carbocycles. The van der Waals surface area contributed by atoms with E-state index in [4.69, 9.17) is 15.2 Å². The van der Waals surface area contributed by atoms with Crippen molar-refractivity contribution in [3.05, 3.63) is 35.4 Å². The van der Waals surface area contributed by atoms with Crippen molar-refractivity contribution in [2.75, 3.05) is 19.8 Å². The topological polar surface area (TPSA) is 73.9 Å². The van der Waals surface area contributed by atoms with Crippen molar-refractivity contribution in [3.63, 3.8) is 0 Å². The van der Waals surface area contributed by atoms with Crippen LogP contribution < -0.4 is 5.73 Å². The Labute approximate surface area is 119 Å². The minimum absolute atomic E-state index is 0.0276. The van der Waals surface area contributed by atoms with Crippen molar-refractivity contribution < 1.29 is 14.3 Å². The van der Waals surface area contributed by atoms with Gasteiger partial charge in [0.25, 0.3) is 0 Å². The second-order valence-electron chi connectivity index (χ2n) is 4.20. The van der Waals surface area contributed by atoms with Gasteiger partial charge in [-0.15, -0.1) is 0 Å². The summed E-state index contributed by atoms with van der Waals surface area (Å²) in [5.74, 6) is 0.435. The van der Waals surface area contributed by atoms with Gasteiger partial charge in [-0.25, -0.2) is 0 Å². The van der Waals surface area contributed by atoms with E-state index in [9.17, 15) is 4.79 Å². The summed E-state index contributed by atoms with van der Waals surface area (Å²) in [6.45, 7) is 6.81. The van der Waals surface area contributed by atoms with E-state index in [0.29, 0.717) is 31.2 Å². The fraction of sp³-hybridized carbons (Fsp3) is 0.467. The van der Waals surface area contributed by atoms with E-state index in [-0.39, 0.29) is 12.1 Å². The lowest BCUT2D eigenvalue weighted by Gasteiger charge is -2.14. The molecule has 0 aliphatic carbocycles. The van der Waals surface area contributed by atoms with Crippen LogP contribution in [0.1, 0.15) is 36.7 Å². The molecule has 0 aromatic heterocycles. The molecule has 0 unspecified atom stereocenters.